The number of hydrogen-bond donors (Lipinski definition) is 2. The van der Waals surface area contributed by atoms with Crippen molar-refractivity contribution in [2.75, 3.05) is 12.8 Å². The fourth-order valence-corrected chi connectivity index (χ4v) is 1.11. The minimum atomic E-state index is -4.33. The molecule has 0 radical (unpaired) electrons. The Kier molecular flexibility index (Phi) is 2.95. The standard InChI is InChI=1S/C8H10F3N3/c1-13-7(8(9,10)11)5-2-3-6(12)14-4-5/h2-4,7,13H,1H3,(H2,12,14)/t7-/m0/s1. The van der Waals surface area contributed by atoms with Crippen LogP contribution < -0.4 is 11.1 Å². The third-order valence-corrected chi connectivity index (χ3v) is 1.76. The van der Waals surface area contributed by atoms with Gasteiger partial charge in [-0.3, -0.25) is 0 Å². The Hall–Kier alpha value is -1.30. The van der Waals surface area contributed by atoms with Crippen LogP contribution in [0.15, 0.2) is 18.3 Å². The van der Waals surface area contributed by atoms with Crippen LogP contribution in [0.5, 0.6) is 0 Å². The largest absolute Gasteiger partial charge is 0.407 e. The number of nitrogens with zero attached hydrogens (tertiary/aromatic N) is 1. The Balaban J connectivity index is 2.96. The molecule has 1 aromatic heterocycles. The van der Waals surface area contributed by atoms with Gasteiger partial charge in [-0.1, -0.05) is 6.07 Å². The lowest BCUT2D eigenvalue weighted by molar-refractivity contribution is -0.156. The van der Waals surface area contributed by atoms with E-state index in [9.17, 15) is 13.2 Å². The molecule has 0 spiro atoms. The molecule has 0 aromatic carbocycles. The van der Waals surface area contributed by atoms with Gasteiger partial charge in [0.05, 0.1) is 0 Å². The summed E-state index contributed by atoms with van der Waals surface area (Å²) < 4.78 is 37.2. The van der Waals surface area contributed by atoms with Crippen LogP contribution in [0.1, 0.15) is 11.6 Å². The van der Waals surface area contributed by atoms with E-state index < -0.39 is 12.2 Å². The van der Waals surface area contributed by atoms with Gasteiger partial charge >= 0.3 is 6.18 Å². The van der Waals surface area contributed by atoms with Crippen molar-refractivity contribution in [3.8, 4) is 0 Å². The molecule has 0 amide bonds. The van der Waals surface area contributed by atoms with Crippen LogP contribution >= 0.6 is 0 Å². The number of aromatic nitrogens is 1. The van der Waals surface area contributed by atoms with Gasteiger partial charge < -0.3 is 11.1 Å². The molecule has 0 unspecified atom stereocenters. The zero-order valence-electron chi connectivity index (χ0n) is 7.47. The van der Waals surface area contributed by atoms with E-state index in [0.29, 0.717) is 0 Å². The second-order valence-corrected chi connectivity index (χ2v) is 2.78. The summed E-state index contributed by atoms with van der Waals surface area (Å²) in [4.78, 5) is 3.60. The zero-order valence-corrected chi connectivity index (χ0v) is 7.47. The third kappa shape index (κ3) is 2.35. The van der Waals surface area contributed by atoms with Crippen LogP contribution in [-0.4, -0.2) is 18.2 Å². The fraction of sp³-hybridized carbons (Fsp3) is 0.375. The molecule has 0 aliphatic carbocycles. The maximum absolute atomic E-state index is 12.4. The first kappa shape index (κ1) is 10.8. The van der Waals surface area contributed by atoms with Gasteiger partial charge in [-0.15, -0.1) is 0 Å². The molecule has 14 heavy (non-hydrogen) atoms. The van der Waals surface area contributed by atoms with Gasteiger partial charge in [0.15, 0.2) is 0 Å². The van der Waals surface area contributed by atoms with Crippen molar-refractivity contribution in [1.82, 2.24) is 10.3 Å². The molecule has 6 heteroatoms. The second kappa shape index (κ2) is 3.83. The molecule has 78 valence electrons. The van der Waals surface area contributed by atoms with E-state index in [-0.39, 0.29) is 11.4 Å². The molecule has 3 N–H and O–H groups in total. The van der Waals surface area contributed by atoms with Crippen LogP contribution in [0.4, 0.5) is 19.0 Å². The third-order valence-electron chi connectivity index (χ3n) is 1.76. The number of nitrogens with one attached hydrogen (secondary N) is 1. The predicted octanol–water partition coefficient (Wildman–Crippen LogP) is 1.49. The first-order valence-electron chi connectivity index (χ1n) is 3.90. The summed E-state index contributed by atoms with van der Waals surface area (Å²) in [6.07, 6.45) is -3.21. The molecular formula is C8H10F3N3. The molecule has 0 aliphatic rings. The van der Waals surface area contributed by atoms with Crippen LogP contribution in [0.2, 0.25) is 0 Å². The molecule has 3 nitrogen and oxygen atoms in total. The van der Waals surface area contributed by atoms with Crippen molar-refractivity contribution < 1.29 is 13.2 Å². The van der Waals surface area contributed by atoms with Gasteiger partial charge in [-0.05, 0) is 18.7 Å². The smallest absolute Gasteiger partial charge is 0.384 e. The van der Waals surface area contributed by atoms with E-state index in [2.05, 4.69) is 10.3 Å². The molecule has 1 rings (SSSR count). The summed E-state index contributed by atoms with van der Waals surface area (Å²) in [5.41, 5.74) is 5.31. The highest BCUT2D eigenvalue weighted by atomic mass is 19.4. The number of pyridine rings is 1. The number of nitrogen functional groups attached to an aromatic ring is 1. The van der Waals surface area contributed by atoms with Gasteiger partial charge in [-0.2, -0.15) is 13.2 Å². The van der Waals surface area contributed by atoms with E-state index in [0.717, 1.165) is 6.20 Å². The number of anilines is 1. The Morgan fingerprint density at radius 1 is 1.43 bits per heavy atom. The van der Waals surface area contributed by atoms with E-state index in [1.807, 2.05) is 0 Å². The van der Waals surface area contributed by atoms with Crippen LogP contribution in [0.3, 0.4) is 0 Å². The Bertz CT molecular complexity index is 294. The highest BCUT2D eigenvalue weighted by Gasteiger charge is 2.39. The highest BCUT2D eigenvalue weighted by Crippen LogP contribution is 2.31. The number of nitrogens with two attached hydrogens (primary N) is 1. The summed E-state index contributed by atoms with van der Waals surface area (Å²) in [6.45, 7) is 0. The number of rotatable bonds is 2. The summed E-state index contributed by atoms with van der Waals surface area (Å²) in [6, 6.07) is 0.943. The molecule has 0 saturated heterocycles. The Morgan fingerprint density at radius 3 is 2.43 bits per heavy atom. The average molecular weight is 205 g/mol. The van der Waals surface area contributed by atoms with Crippen LogP contribution in [-0.2, 0) is 0 Å². The summed E-state index contributed by atoms with van der Waals surface area (Å²) in [5.74, 6) is 0.200. The predicted molar refractivity (Wildman–Crippen MR) is 46.5 cm³/mol. The van der Waals surface area contributed by atoms with E-state index >= 15 is 0 Å². The Labute approximate surface area is 79.1 Å². The van der Waals surface area contributed by atoms with Crippen molar-refractivity contribution in [2.45, 2.75) is 12.2 Å². The monoisotopic (exact) mass is 205 g/mol. The molecule has 1 heterocycles. The van der Waals surface area contributed by atoms with E-state index in [1.165, 1.54) is 19.2 Å². The van der Waals surface area contributed by atoms with Gasteiger partial charge in [0, 0.05) is 6.20 Å². The first-order chi connectivity index (χ1) is 6.45. The van der Waals surface area contributed by atoms with Gasteiger partial charge in [0.25, 0.3) is 0 Å². The quantitative estimate of drug-likeness (QED) is 0.769. The average Bonchev–Trinajstić information content (AvgIpc) is 2.07. The topological polar surface area (TPSA) is 50.9 Å². The van der Waals surface area contributed by atoms with Gasteiger partial charge in [-0.25, -0.2) is 4.98 Å². The van der Waals surface area contributed by atoms with Crippen molar-refractivity contribution in [2.24, 2.45) is 0 Å². The lowest BCUT2D eigenvalue weighted by Crippen LogP contribution is -2.31. The van der Waals surface area contributed by atoms with Crippen molar-refractivity contribution in [1.29, 1.82) is 0 Å². The maximum atomic E-state index is 12.4. The van der Waals surface area contributed by atoms with Crippen molar-refractivity contribution in [3.63, 3.8) is 0 Å². The number of halogens is 3. The van der Waals surface area contributed by atoms with E-state index in [1.54, 1.807) is 0 Å². The summed E-state index contributed by atoms with van der Waals surface area (Å²) >= 11 is 0. The maximum Gasteiger partial charge on any atom is 0.407 e. The summed E-state index contributed by atoms with van der Waals surface area (Å²) in [5, 5.41) is 2.17. The van der Waals surface area contributed by atoms with E-state index in [4.69, 9.17) is 5.73 Å². The number of hydrogen-bond acceptors (Lipinski definition) is 3. The molecule has 0 bridgehead atoms. The van der Waals surface area contributed by atoms with Gasteiger partial charge in [0.2, 0.25) is 0 Å². The Morgan fingerprint density at radius 2 is 2.07 bits per heavy atom. The minimum Gasteiger partial charge on any atom is -0.384 e. The first-order valence-corrected chi connectivity index (χ1v) is 3.90. The highest BCUT2D eigenvalue weighted by molar-refractivity contribution is 5.31. The summed E-state index contributed by atoms with van der Waals surface area (Å²) in [7, 11) is 1.24. The van der Waals surface area contributed by atoms with Crippen molar-refractivity contribution in [3.05, 3.63) is 23.9 Å². The molecule has 1 aromatic rings. The molecular weight excluding hydrogens is 195 g/mol. The van der Waals surface area contributed by atoms with Gasteiger partial charge in [0.1, 0.15) is 11.9 Å². The lowest BCUT2D eigenvalue weighted by Gasteiger charge is -2.19. The molecule has 1 atom stereocenters. The molecule has 0 saturated carbocycles. The fourth-order valence-electron chi connectivity index (χ4n) is 1.11. The molecule has 0 aliphatic heterocycles. The normalized spacial score (nSPS) is 14.0. The minimum absolute atomic E-state index is 0.0502. The SMILES string of the molecule is CN[C@@H](c1ccc(N)nc1)C(F)(F)F. The van der Waals surface area contributed by atoms with Crippen molar-refractivity contribution >= 4 is 5.82 Å². The lowest BCUT2D eigenvalue weighted by atomic mass is 10.1. The second-order valence-electron chi connectivity index (χ2n) is 2.78. The van der Waals surface area contributed by atoms with Crippen LogP contribution in [0.25, 0.3) is 0 Å². The zero-order chi connectivity index (χ0) is 10.8. The van der Waals surface area contributed by atoms with Crippen LogP contribution in [0, 0.1) is 0 Å². The number of alkyl halides is 3. The molecule has 0 fully saturated rings.